The summed E-state index contributed by atoms with van der Waals surface area (Å²) in [5.41, 5.74) is 10.5. The molecule has 0 saturated heterocycles. The van der Waals surface area contributed by atoms with E-state index < -0.39 is 8.07 Å². The molecule has 64 heavy (non-hydrogen) atoms. The first kappa shape index (κ1) is 36.5. The lowest BCUT2D eigenvalue weighted by molar-refractivity contribution is 1.16. The Hall–Kier alpha value is -8.18. The second-order valence-electron chi connectivity index (χ2n) is 16.8. The van der Waals surface area contributed by atoms with Crippen LogP contribution in [0.3, 0.4) is 0 Å². The number of hydrogen-bond donors (Lipinski definition) is 0. The number of benzene rings is 10. The van der Waals surface area contributed by atoms with Crippen LogP contribution in [0.15, 0.2) is 249 Å². The van der Waals surface area contributed by atoms with Crippen LogP contribution in [0.2, 0.25) is 0 Å². The summed E-state index contributed by atoms with van der Waals surface area (Å²) < 4.78 is 7.47. The molecule has 13 rings (SSSR count). The molecular formula is C60H41N3Si. The van der Waals surface area contributed by atoms with E-state index in [9.17, 15) is 0 Å². The number of para-hydroxylation sites is 4. The summed E-state index contributed by atoms with van der Waals surface area (Å²) in [5.74, 6) is 0. The van der Waals surface area contributed by atoms with E-state index >= 15 is 0 Å². The number of nitrogens with zero attached hydrogens (tertiary/aromatic N) is 3. The molecule has 0 fully saturated rings. The van der Waals surface area contributed by atoms with E-state index in [4.69, 9.17) is 0 Å². The molecule has 0 aliphatic rings. The molecule has 13 aromatic rings. The van der Waals surface area contributed by atoms with E-state index in [1.807, 2.05) is 0 Å². The van der Waals surface area contributed by atoms with Gasteiger partial charge in [-0.05, 0) is 81.4 Å². The molecule has 3 aromatic heterocycles. The molecule has 0 aliphatic carbocycles. The molecule has 0 bridgehead atoms. The van der Waals surface area contributed by atoms with Gasteiger partial charge in [0.2, 0.25) is 0 Å². The van der Waals surface area contributed by atoms with Gasteiger partial charge in [-0.25, -0.2) is 0 Å². The molecule has 0 aliphatic heterocycles. The van der Waals surface area contributed by atoms with Crippen molar-refractivity contribution in [2.75, 3.05) is 0 Å². The van der Waals surface area contributed by atoms with Crippen LogP contribution >= 0.6 is 0 Å². The lowest BCUT2D eigenvalue weighted by Gasteiger charge is -2.34. The zero-order chi connectivity index (χ0) is 42.2. The van der Waals surface area contributed by atoms with Crippen molar-refractivity contribution in [1.82, 2.24) is 13.7 Å². The maximum atomic E-state index is 2.53. The minimum Gasteiger partial charge on any atom is -0.309 e. The predicted molar refractivity (Wildman–Crippen MR) is 273 cm³/mol. The van der Waals surface area contributed by atoms with E-state index in [0.29, 0.717) is 0 Å². The van der Waals surface area contributed by atoms with Crippen LogP contribution in [0.5, 0.6) is 0 Å². The van der Waals surface area contributed by atoms with Gasteiger partial charge in [0.15, 0.2) is 8.07 Å². The first-order chi connectivity index (χ1) is 31.8. The molecule has 0 N–H and O–H groups in total. The van der Waals surface area contributed by atoms with E-state index in [1.54, 1.807) is 0 Å². The Labute approximate surface area is 372 Å². The third-order valence-corrected chi connectivity index (χ3v) is 18.4. The highest BCUT2D eigenvalue weighted by atomic mass is 28.3. The summed E-state index contributed by atoms with van der Waals surface area (Å²) in [4.78, 5) is 0. The van der Waals surface area contributed by atoms with Crippen molar-refractivity contribution in [3.05, 3.63) is 249 Å². The lowest BCUT2D eigenvalue weighted by atomic mass is 10.1. The van der Waals surface area contributed by atoms with Gasteiger partial charge in [-0.15, -0.1) is 0 Å². The molecule has 0 atom stereocenters. The van der Waals surface area contributed by atoms with Gasteiger partial charge in [-0.1, -0.05) is 188 Å². The fourth-order valence-electron chi connectivity index (χ4n) is 11.0. The summed E-state index contributed by atoms with van der Waals surface area (Å²) in [7, 11) is -2.79. The maximum absolute atomic E-state index is 2.79. The summed E-state index contributed by atoms with van der Waals surface area (Å²) >= 11 is 0. The zero-order valence-electron chi connectivity index (χ0n) is 35.0. The number of fused-ring (bicyclic) bond motifs is 9. The zero-order valence-corrected chi connectivity index (χ0v) is 36.0. The number of rotatable bonds is 7. The Kier molecular flexibility index (Phi) is 8.23. The van der Waals surface area contributed by atoms with Gasteiger partial charge in [0.25, 0.3) is 0 Å². The van der Waals surface area contributed by atoms with Crippen LogP contribution < -0.4 is 20.7 Å². The van der Waals surface area contributed by atoms with E-state index in [0.717, 1.165) is 22.6 Å². The van der Waals surface area contributed by atoms with Gasteiger partial charge in [-0.2, -0.15) is 0 Å². The normalized spacial score (nSPS) is 12.1. The monoisotopic (exact) mass is 831 g/mol. The van der Waals surface area contributed by atoms with E-state index in [2.05, 4.69) is 262 Å². The molecule has 10 aromatic carbocycles. The quantitative estimate of drug-likeness (QED) is 0.112. The summed E-state index contributed by atoms with van der Waals surface area (Å²) in [6, 6.07) is 92.2. The summed E-state index contributed by atoms with van der Waals surface area (Å²) in [5, 5.41) is 12.9. The Morgan fingerprint density at radius 3 is 1.05 bits per heavy atom. The smallest absolute Gasteiger partial charge is 0.179 e. The highest BCUT2D eigenvalue weighted by Crippen LogP contribution is 2.43. The molecule has 300 valence electrons. The molecule has 4 heteroatoms. The SMILES string of the molecule is c1ccc(-n2c3cccc(-n4c5ccccc5c5ccccc54)c3c3c(-n4c5ccccc5c5cc([Si](c6ccccc6)(c6ccccc6)c6ccccc6)ccc54)cccc32)cc1. The van der Waals surface area contributed by atoms with Crippen LogP contribution in [0.1, 0.15) is 0 Å². The molecule has 0 spiro atoms. The average molecular weight is 832 g/mol. The summed E-state index contributed by atoms with van der Waals surface area (Å²) in [6.07, 6.45) is 0. The Morgan fingerprint density at radius 1 is 0.234 bits per heavy atom. The van der Waals surface area contributed by atoms with Crippen molar-refractivity contribution in [3.63, 3.8) is 0 Å². The van der Waals surface area contributed by atoms with Crippen molar-refractivity contribution in [3.8, 4) is 17.1 Å². The molecule has 3 heterocycles. The van der Waals surface area contributed by atoms with Crippen LogP contribution in [-0.4, -0.2) is 21.8 Å². The highest BCUT2D eigenvalue weighted by molar-refractivity contribution is 7.20. The predicted octanol–water partition coefficient (Wildman–Crippen LogP) is 12.4. The van der Waals surface area contributed by atoms with E-state index in [-0.39, 0.29) is 0 Å². The first-order valence-corrected chi connectivity index (χ1v) is 24.1. The summed E-state index contributed by atoms with van der Waals surface area (Å²) in [6.45, 7) is 0. The van der Waals surface area contributed by atoms with Gasteiger partial charge >= 0.3 is 0 Å². The molecule has 0 amide bonds. The largest absolute Gasteiger partial charge is 0.309 e. The number of aromatic nitrogens is 3. The Bertz CT molecular complexity index is 3730. The Balaban J connectivity index is 1.16. The molecule has 3 nitrogen and oxygen atoms in total. The van der Waals surface area contributed by atoms with Crippen LogP contribution in [-0.2, 0) is 0 Å². The van der Waals surface area contributed by atoms with Gasteiger partial charge in [-0.3, -0.25) is 0 Å². The molecular weight excluding hydrogens is 791 g/mol. The highest BCUT2D eigenvalue weighted by Gasteiger charge is 2.41. The van der Waals surface area contributed by atoms with Crippen molar-refractivity contribution >= 4 is 94.2 Å². The van der Waals surface area contributed by atoms with Crippen LogP contribution in [0.4, 0.5) is 0 Å². The fraction of sp³-hybridized carbons (Fsp3) is 0. The van der Waals surface area contributed by atoms with Crippen molar-refractivity contribution in [2.45, 2.75) is 0 Å². The molecule has 0 unspecified atom stereocenters. The second-order valence-corrected chi connectivity index (χ2v) is 20.6. The van der Waals surface area contributed by atoms with Gasteiger partial charge in [0.1, 0.15) is 0 Å². The van der Waals surface area contributed by atoms with Crippen LogP contribution in [0.25, 0.3) is 82.5 Å². The van der Waals surface area contributed by atoms with E-state index in [1.165, 1.54) is 80.6 Å². The minimum atomic E-state index is -2.79. The third-order valence-electron chi connectivity index (χ3n) is 13.6. The van der Waals surface area contributed by atoms with Gasteiger partial charge in [0.05, 0.1) is 44.5 Å². The topological polar surface area (TPSA) is 14.8 Å². The second kappa shape index (κ2) is 14.5. The van der Waals surface area contributed by atoms with Crippen LogP contribution in [0, 0.1) is 0 Å². The lowest BCUT2D eigenvalue weighted by Crippen LogP contribution is -2.74. The fourth-order valence-corrected chi connectivity index (χ4v) is 15.8. The average Bonchev–Trinajstić information content (AvgIpc) is 4.01. The third kappa shape index (κ3) is 5.21. The van der Waals surface area contributed by atoms with Crippen molar-refractivity contribution in [2.24, 2.45) is 0 Å². The first-order valence-electron chi connectivity index (χ1n) is 22.1. The number of hydrogen-bond acceptors (Lipinski definition) is 0. The molecule has 0 saturated carbocycles. The van der Waals surface area contributed by atoms with Crippen molar-refractivity contribution in [1.29, 1.82) is 0 Å². The van der Waals surface area contributed by atoms with Gasteiger partial charge in [0, 0.05) is 38.0 Å². The van der Waals surface area contributed by atoms with Gasteiger partial charge < -0.3 is 13.7 Å². The Morgan fingerprint density at radius 2 is 0.594 bits per heavy atom. The maximum Gasteiger partial charge on any atom is 0.179 e. The standard InChI is InChI=1S/C60H41N3Si/c1-5-21-42(22-6-1)61-55-35-19-37-57(62-51-32-16-13-29-47(51)48-30-14-17-33-52(48)62)59(55)60-56(61)36-20-38-58(60)63-53-34-18-15-31-49(53)50-41-46(39-40-54(50)63)64(43-23-7-2-8-24-43,44-25-9-3-10-26-44)45-27-11-4-12-28-45/h1-41H. The molecule has 0 radical (unpaired) electrons. The van der Waals surface area contributed by atoms with Crippen molar-refractivity contribution < 1.29 is 0 Å². The minimum absolute atomic E-state index is 1.13.